The van der Waals surface area contributed by atoms with E-state index in [-0.39, 0.29) is 11.9 Å². The zero-order valence-electron chi connectivity index (χ0n) is 11.2. The maximum absolute atomic E-state index is 12.2. The van der Waals surface area contributed by atoms with Gasteiger partial charge in [0.1, 0.15) is 4.88 Å². The van der Waals surface area contributed by atoms with Crippen LogP contribution in [0, 0.1) is 13.8 Å². The first kappa shape index (κ1) is 13.5. The number of rotatable bonds is 3. The van der Waals surface area contributed by atoms with Crippen molar-refractivity contribution >= 4 is 22.9 Å². The smallest absolute Gasteiger partial charge is 0.263 e. The quantitative estimate of drug-likeness (QED) is 0.846. The number of hydrogen-bond acceptors (Lipinski definition) is 4. The van der Waals surface area contributed by atoms with Crippen LogP contribution in [0.25, 0.3) is 0 Å². The SMILES string of the molecule is Cc1nc(C)c(C(=O)NC(C)c2cccc(N)c2)s1. The Morgan fingerprint density at radius 3 is 2.74 bits per heavy atom. The summed E-state index contributed by atoms with van der Waals surface area (Å²) in [7, 11) is 0. The third-order valence-electron chi connectivity index (χ3n) is 2.87. The molecule has 0 saturated carbocycles. The number of amides is 1. The molecule has 1 heterocycles. The van der Waals surface area contributed by atoms with Crippen molar-refractivity contribution in [2.45, 2.75) is 26.8 Å². The molecule has 0 aliphatic carbocycles. The van der Waals surface area contributed by atoms with Crippen molar-refractivity contribution in [1.29, 1.82) is 0 Å². The van der Waals surface area contributed by atoms with E-state index in [1.165, 1.54) is 11.3 Å². The number of benzene rings is 1. The van der Waals surface area contributed by atoms with Gasteiger partial charge in [-0.15, -0.1) is 11.3 Å². The van der Waals surface area contributed by atoms with Gasteiger partial charge in [-0.3, -0.25) is 4.79 Å². The van der Waals surface area contributed by atoms with Crippen molar-refractivity contribution in [2.24, 2.45) is 0 Å². The molecule has 100 valence electrons. The molecule has 0 radical (unpaired) electrons. The third kappa shape index (κ3) is 3.12. The predicted molar refractivity (Wildman–Crippen MR) is 78.3 cm³/mol. The van der Waals surface area contributed by atoms with E-state index in [0.717, 1.165) is 16.3 Å². The summed E-state index contributed by atoms with van der Waals surface area (Å²) in [6.45, 7) is 5.69. The number of anilines is 1. The van der Waals surface area contributed by atoms with Crippen LogP contribution < -0.4 is 11.1 Å². The largest absolute Gasteiger partial charge is 0.399 e. The zero-order chi connectivity index (χ0) is 14.0. The molecule has 2 rings (SSSR count). The Morgan fingerprint density at radius 2 is 2.16 bits per heavy atom. The monoisotopic (exact) mass is 275 g/mol. The van der Waals surface area contributed by atoms with Crippen molar-refractivity contribution in [3.05, 3.63) is 45.4 Å². The Hall–Kier alpha value is -1.88. The van der Waals surface area contributed by atoms with Crippen molar-refractivity contribution in [2.75, 3.05) is 5.73 Å². The molecule has 0 spiro atoms. The molecule has 0 bridgehead atoms. The molecule has 1 aromatic heterocycles. The molecule has 3 N–H and O–H groups in total. The van der Waals surface area contributed by atoms with Crippen molar-refractivity contribution in [1.82, 2.24) is 10.3 Å². The molecule has 0 aliphatic rings. The summed E-state index contributed by atoms with van der Waals surface area (Å²) in [5.74, 6) is -0.0852. The zero-order valence-corrected chi connectivity index (χ0v) is 12.0. The lowest BCUT2D eigenvalue weighted by atomic mass is 10.1. The minimum atomic E-state index is -0.0854. The van der Waals surface area contributed by atoms with Gasteiger partial charge in [-0.05, 0) is 38.5 Å². The van der Waals surface area contributed by atoms with Crippen molar-refractivity contribution < 1.29 is 4.79 Å². The molecule has 1 aromatic carbocycles. The summed E-state index contributed by atoms with van der Waals surface area (Å²) >= 11 is 1.41. The number of nitrogens with zero attached hydrogens (tertiary/aromatic N) is 1. The molecule has 1 unspecified atom stereocenters. The number of aromatic nitrogens is 1. The number of aryl methyl sites for hydroxylation is 2. The van der Waals surface area contributed by atoms with E-state index in [0.29, 0.717) is 10.6 Å². The highest BCUT2D eigenvalue weighted by Gasteiger charge is 2.16. The van der Waals surface area contributed by atoms with Gasteiger partial charge in [0.25, 0.3) is 5.91 Å². The summed E-state index contributed by atoms with van der Waals surface area (Å²) in [4.78, 5) is 17.1. The van der Waals surface area contributed by atoms with Gasteiger partial charge in [0.15, 0.2) is 0 Å². The van der Waals surface area contributed by atoms with Gasteiger partial charge in [-0.25, -0.2) is 4.98 Å². The second-order valence-electron chi connectivity index (χ2n) is 4.51. The number of nitrogen functional groups attached to an aromatic ring is 1. The van der Waals surface area contributed by atoms with E-state index in [1.54, 1.807) is 0 Å². The maximum atomic E-state index is 12.2. The van der Waals surface area contributed by atoms with E-state index < -0.39 is 0 Å². The lowest BCUT2D eigenvalue weighted by Crippen LogP contribution is -2.26. The number of nitrogens with two attached hydrogens (primary N) is 1. The van der Waals surface area contributed by atoms with Gasteiger partial charge in [0.2, 0.25) is 0 Å². The van der Waals surface area contributed by atoms with Crippen LogP contribution in [0.15, 0.2) is 24.3 Å². The summed E-state index contributed by atoms with van der Waals surface area (Å²) in [5.41, 5.74) is 8.21. The average Bonchev–Trinajstić information content (AvgIpc) is 2.68. The fraction of sp³-hybridized carbons (Fsp3) is 0.286. The molecule has 1 atom stereocenters. The van der Waals surface area contributed by atoms with Crippen LogP contribution >= 0.6 is 11.3 Å². The molecule has 19 heavy (non-hydrogen) atoms. The van der Waals surface area contributed by atoms with Gasteiger partial charge < -0.3 is 11.1 Å². The van der Waals surface area contributed by atoms with E-state index in [9.17, 15) is 4.79 Å². The van der Waals surface area contributed by atoms with E-state index in [4.69, 9.17) is 5.73 Å². The van der Waals surface area contributed by atoms with Gasteiger partial charge in [-0.2, -0.15) is 0 Å². The summed E-state index contributed by atoms with van der Waals surface area (Å²) in [5, 5.41) is 3.87. The van der Waals surface area contributed by atoms with E-state index >= 15 is 0 Å². The third-order valence-corrected chi connectivity index (χ3v) is 3.94. The highest BCUT2D eigenvalue weighted by Crippen LogP contribution is 2.20. The number of hydrogen-bond donors (Lipinski definition) is 2. The Morgan fingerprint density at radius 1 is 1.42 bits per heavy atom. The maximum Gasteiger partial charge on any atom is 0.263 e. The summed E-state index contributed by atoms with van der Waals surface area (Å²) in [6.07, 6.45) is 0. The van der Waals surface area contributed by atoms with Crippen molar-refractivity contribution in [3.8, 4) is 0 Å². The van der Waals surface area contributed by atoms with Crippen LogP contribution in [0.2, 0.25) is 0 Å². The first-order valence-corrected chi connectivity index (χ1v) is 6.89. The minimum absolute atomic E-state index is 0.0852. The van der Waals surface area contributed by atoms with Crippen LogP contribution in [-0.2, 0) is 0 Å². The number of thiazole rings is 1. The number of carbonyl (C=O) groups is 1. The first-order chi connectivity index (χ1) is 8.97. The van der Waals surface area contributed by atoms with E-state index in [1.807, 2.05) is 45.0 Å². The fourth-order valence-corrected chi connectivity index (χ4v) is 2.74. The topological polar surface area (TPSA) is 68.0 Å². The van der Waals surface area contributed by atoms with Crippen LogP contribution in [0.1, 0.15) is 38.9 Å². The highest BCUT2D eigenvalue weighted by atomic mass is 32.1. The molecule has 2 aromatic rings. The normalized spacial score (nSPS) is 12.2. The van der Waals surface area contributed by atoms with Gasteiger partial charge in [-0.1, -0.05) is 12.1 Å². The molecule has 0 fully saturated rings. The van der Waals surface area contributed by atoms with Gasteiger partial charge in [0, 0.05) is 5.69 Å². The lowest BCUT2D eigenvalue weighted by Gasteiger charge is -2.14. The van der Waals surface area contributed by atoms with Crippen LogP contribution in [0.3, 0.4) is 0 Å². The number of nitrogens with one attached hydrogen (secondary N) is 1. The Balaban J connectivity index is 2.13. The van der Waals surface area contributed by atoms with Gasteiger partial charge >= 0.3 is 0 Å². The standard InChI is InChI=1S/C14H17N3OS/c1-8(11-5-4-6-12(15)7-11)17-14(18)13-9(2)16-10(3)19-13/h4-8H,15H2,1-3H3,(H,17,18). The first-order valence-electron chi connectivity index (χ1n) is 6.07. The second-order valence-corrected chi connectivity index (χ2v) is 5.72. The van der Waals surface area contributed by atoms with Crippen LogP contribution in [0.5, 0.6) is 0 Å². The molecular formula is C14H17N3OS. The lowest BCUT2D eigenvalue weighted by molar-refractivity contribution is 0.0943. The van der Waals surface area contributed by atoms with Crippen molar-refractivity contribution in [3.63, 3.8) is 0 Å². The number of carbonyl (C=O) groups excluding carboxylic acids is 1. The molecule has 0 aliphatic heterocycles. The Bertz CT molecular complexity index is 606. The van der Waals surface area contributed by atoms with Crippen LogP contribution in [-0.4, -0.2) is 10.9 Å². The molecular weight excluding hydrogens is 258 g/mol. The highest BCUT2D eigenvalue weighted by molar-refractivity contribution is 7.13. The Kier molecular flexibility index (Phi) is 3.85. The minimum Gasteiger partial charge on any atom is -0.399 e. The molecule has 0 saturated heterocycles. The van der Waals surface area contributed by atoms with Crippen LogP contribution in [0.4, 0.5) is 5.69 Å². The molecule has 5 heteroatoms. The second kappa shape index (κ2) is 5.40. The van der Waals surface area contributed by atoms with Gasteiger partial charge in [0.05, 0.1) is 16.7 Å². The van der Waals surface area contributed by atoms with E-state index in [2.05, 4.69) is 10.3 Å². The molecule has 4 nitrogen and oxygen atoms in total. The predicted octanol–water partition coefficient (Wildman–Crippen LogP) is 2.83. The average molecular weight is 275 g/mol. The fourth-order valence-electron chi connectivity index (χ4n) is 1.92. The molecule has 1 amide bonds. The summed E-state index contributed by atoms with van der Waals surface area (Å²) < 4.78 is 0. The summed E-state index contributed by atoms with van der Waals surface area (Å²) in [6, 6.07) is 7.45. The Labute approximate surface area is 116 Å².